The lowest BCUT2D eigenvalue weighted by Gasteiger charge is -2.23. The van der Waals surface area contributed by atoms with Gasteiger partial charge in [0.05, 0.1) is 32.8 Å². The van der Waals surface area contributed by atoms with Gasteiger partial charge in [-0.05, 0) is 43.4 Å². The summed E-state index contributed by atoms with van der Waals surface area (Å²) in [4.78, 5) is 26.0. The van der Waals surface area contributed by atoms with Crippen LogP contribution in [0.3, 0.4) is 0 Å². The zero-order chi connectivity index (χ0) is 21.9. The van der Waals surface area contributed by atoms with Crippen LogP contribution in [-0.2, 0) is 30.2 Å². The number of hydrogen-bond donors (Lipinski definition) is 1. The maximum atomic E-state index is 13.1. The van der Waals surface area contributed by atoms with E-state index in [0.717, 1.165) is 44.5 Å². The van der Waals surface area contributed by atoms with E-state index >= 15 is 0 Å². The summed E-state index contributed by atoms with van der Waals surface area (Å²) in [5, 5.41) is 0. The molecular weight excluding hydrogens is 400 g/mol. The van der Waals surface area contributed by atoms with Crippen molar-refractivity contribution in [3.05, 3.63) is 35.4 Å². The molecule has 0 aromatic heterocycles. The number of epoxide rings is 2. The molecule has 1 aromatic rings. The van der Waals surface area contributed by atoms with Crippen LogP contribution in [0.4, 0.5) is 0 Å². The molecule has 8 heteroatoms. The second-order valence-electron chi connectivity index (χ2n) is 8.11. The Labute approximate surface area is 184 Å². The summed E-state index contributed by atoms with van der Waals surface area (Å²) in [6.45, 7) is 5.65. The minimum Gasteiger partial charge on any atom is -0.379 e. The molecule has 2 fully saturated rings. The SMILES string of the molecule is NC(=O)Cc1ccc(C(=O)N(CCCCOCC2CO2)CCCCOCC2CO2)cc1. The third-order valence-electron chi connectivity index (χ3n) is 5.21. The Morgan fingerprint density at radius 2 is 1.42 bits per heavy atom. The van der Waals surface area contributed by atoms with E-state index in [0.29, 0.717) is 45.1 Å². The summed E-state index contributed by atoms with van der Waals surface area (Å²) < 4.78 is 21.4. The molecule has 2 aliphatic heterocycles. The molecule has 8 nitrogen and oxygen atoms in total. The predicted molar refractivity (Wildman–Crippen MR) is 115 cm³/mol. The summed E-state index contributed by atoms with van der Waals surface area (Å²) in [5.41, 5.74) is 6.67. The molecular formula is C23H34N2O6. The molecule has 2 unspecified atom stereocenters. The van der Waals surface area contributed by atoms with Gasteiger partial charge in [-0.25, -0.2) is 0 Å². The van der Waals surface area contributed by atoms with Gasteiger partial charge in [-0.1, -0.05) is 12.1 Å². The molecule has 2 atom stereocenters. The number of benzene rings is 1. The van der Waals surface area contributed by atoms with Crippen LogP contribution >= 0.6 is 0 Å². The molecule has 172 valence electrons. The van der Waals surface area contributed by atoms with Crippen molar-refractivity contribution in [3.63, 3.8) is 0 Å². The molecule has 2 amide bonds. The Morgan fingerprint density at radius 1 is 0.903 bits per heavy atom. The minimum atomic E-state index is -0.383. The Hall–Kier alpha value is -2.00. The molecule has 2 aliphatic rings. The van der Waals surface area contributed by atoms with Gasteiger partial charge >= 0.3 is 0 Å². The molecule has 1 aromatic carbocycles. The van der Waals surface area contributed by atoms with E-state index in [1.165, 1.54) is 0 Å². The lowest BCUT2D eigenvalue weighted by Crippen LogP contribution is -2.33. The number of ether oxygens (including phenoxy) is 4. The highest BCUT2D eigenvalue weighted by atomic mass is 16.6. The summed E-state index contributed by atoms with van der Waals surface area (Å²) in [5.74, 6) is -0.378. The van der Waals surface area contributed by atoms with Crippen molar-refractivity contribution in [1.82, 2.24) is 4.90 Å². The van der Waals surface area contributed by atoms with Gasteiger partial charge in [-0.15, -0.1) is 0 Å². The molecule has 2 N–H and O–H groups in total. The number of rotatable bonds is 17. The zero-order valence-electron chi connectivity index (χ0n) is 18.1. The van der Waals surface area contributed by atoms with Gasteiger partial charge in [-0.3, -0.25) is 9.59 Å². The Balaban J connectivity index is 1.42. The summed E-state index contributed by atoms with van der Waals surface area (Å²) in [7, 11) is 0. The van der Waals surface area contributed by atoms with Crippen LogP contribution in [0.25, 0.3) is 0 Å². The van der Waals surface area contributed by atoms with E-state index in [-0.39, 0.29) is 30.4 Å². The van der Waals surface area contributed by atoms with E-state index in [2.05, 4.69) is 0 Å². The van der Waals surface area contributed by atoms with E-state index in [1.54, 1.807) is 24.3 Å². The van der Waals surface area contributed by atoms with Gasteiger partial charge in [0.1, 0.15) is 12.2 Å². The van der Waals surface area contributed by atoms with Crippen molar-refractivity contribution in [2.45, 2.75) is 44.3 Å². The highest BCUT2D eigenvalue weighted by Crippen LogP contribution is 2.12. The van der Waals surface area contributed by atoms with Gasteiger partial charge in [-0.2, -0.15) is 0 Å². The average Bonchev–Trinajstić information content (AvgIpc) is 3.66. The monoisotopic (exact) mass is 434 g/mol. The van der Waals surface area contributed by atoms with E-state index in [1.807, 2.05) is 4.90 Å². The highest BCUT2D eigenvalue weighted by molar-refractivity contribution is 5.94. The van der Waals surface area contributed by atoms with Gasteiger partial charge in [0.15, 0.2) is 0 Å². The molecule has 31 heavy (non-hydrogen) atoms. The molecule has 3 rings (SSSR count). The number of carbonyl (C=O) groups excluding carboxylic acids is 2. The van der Waals surface area contributed by atoms with Crippen molar-refractivity contribution >= 4 is 11.8 Å². The van der Waals surface area contributed by atoms with E-state index < -0.39 is 0 Å². The predicted octanol–water partition coefficient (Wildman–Crippen LogP) is 1.55. The van der Waals surface area contributed by atoms with Crippen LogP contribution in [0.1, 0.15) is 41.6 Å². The number of amides is 2. The van der Waals surface area contributed by atoms with Crippen LogP contribution in [0.15, 0.2) is 24.3 Å². The number of nitrogens with zero attached hydrogens (tertiary/aromatic N) is 1. The van der Waals surface area contributed by atoms with Gasteiger partial charge in [0.2, 0.25) is 5.91 Å². The largest absolute Gasteiger partial charge is 0.379 e. The summed E-state index contributed by atoms with van der Waals surface area (Å²) in [6, 6.07) is 7.12. The van der Waals surface area contributed by atoms with Crippen LogP contribution < -0.4 is 5.73 Å². The van der Waals surface area contributed by atoms with Crippen molar-refractivity contribution < 1.29 is 28.5 Å². The fourth-order valence-corrected chi connectivity index (χ4v) is 3.24. The second kappa shape index (κ2) is 12.8. The minimum absolute atomic E-state index is 0.00484. The fraction of sp³-hybridized carbons (Fsp3) is 0.652. The molecule has 2 saturated heterocycles. The lowest BCUT2D eigenvalue weighted by atomic mass is 10.1. The van der Waals surface area contributed by atoms with Crippen molar-refractivity contribution in [2.75, 3.05) is 52.7 Å². The van der Waals surface area contributed by atoms with Crippen LogP contribution in [0.5, 0.6) is 0 Å². The first kappa shape index (κ1) is 23.7. The van der Waals surface area contributed by atoms with Crippen LogP contribution in [-0.4, -0.2) is 81.7 Å². The Kier molecular flexibility index (Phi) is 9.74. The normalized spacial score (nSPS) is 19.2. The van der Waals surface area contributed by atoms with Gasteiger partial charge in [0, 0.05) is 31.9 Å². The number of carbonyl (C=O) groups is 2. The maximum Gasteiger partial charge on any atom is 0.253 e. The van der Waals surface area contributed by atoms with Crippen molar-refractivity contribution in [3.8, 4) is 0 Å². The molecule has 2 heterocycles. The van der Waals surface area contributed by atoms with E-state index in [4.69, 9.17) is 24.7 Å². The Morgan fingerprint density at radius 3 is 1.87 bits per heavy atom. The number of primary amides is 1. The standard InChI is InChI=1S/C23H34N2O6/c24-22(26)13-18-5-7-19(8-6-18)23(27)25(9-1-3-11-28-14-20-16-30-20)10-2-4-12-29-15-21-17-31-21/h5-8,20-21H,1-4,9-17H2,(H2,24,26). The van der Waals surface area contributed by atoms with Crippen LogP contribution in [0.2, 0.25) is 0 Å². The molecule has 0 saturated carbocycles. The smallest absolute Gasteiger partial charge is 0.253 e. The average molecular weight is 435 g/mol. The first-order valence-electron chi connectivity index (χ1n) is 11.2. The number of hydrogen-bond acceptors (Lipinski definition) is 6. The second-order valence-corrected chi connectivity index (χ2v) is 8.11. The third-order valence-corrected chi connectivity index (χ3v) is 5.21. The number of unbranched alkanes of at least 4 members (excludes halogenated alkanes) is 2. The highest BCUT2D eigenvalue weighted by Gasteiger charge is 2.23. The first-order valence-corrected chi connectivity index (χ1v) is 11.2. The quantitative estimate of drug-likeness (QED) is 0.294. The lowest BCUT2D eigenvalue weighted by molar-refractivity contribution is -0.117. The topological polar surface area (TPSA) is 107 Å². The molecule has 0 bridgehead atoms. The van der Waals surface area contributed by atoms with Crippen molar-refractivity contribution in [2.24, 2.45) is 5.73 Å². The zero-order valence-corrected chi connectivity index (χ0v) is 18.1. The summed E-state index contributed by atoms with van der Waals surface area (Å²) in [6.07, 6.45) is 4.31. The van der Waals surface area contributed by atoms with Gasteiger partial charge < -0.3 is 29.6 Å². The summed E-state index contributed by atoms with van der Waals surface area (Å²) >= 11 is 0. The number of nitrogens with two attached hydrogens (primary N) is 1. The molecule has 0 spiro atoms. The van der Waals surface area contributed by atoms with Crippen LogP contribution in [0, 0.1) is 0 Å². The van der Waals surface area contributed by atoms with Gasteiger partial charge in [0.25, 0.3) is 5.91 Å². The first-order chi connectivity index (χ1) is 15.1. The third kappa shape index (κ3) is 9.78. The van der Waals surface area contributed by atoms with E-state index in [9.17, 15) is 9.59 Å². The molecule has 0 radical (unpaired) electrons. The van der Waals surface area contributed by atoms with Crippen molar-refractivity contribution in [1.29, 1.82) is 0 Å². The Bertz CT molecular complexity index is 664. The molecule has 0 aliphatic carbocycles. The maximum absolute atomic E-state index is 13.1. The fourth-order valence-electron chi connectivity index (χ4n) is 3.24.